The summed E-state index contributed by atoms with van der Waals surface area (Å²) in [5, 5.41) is 11.3. The highest BCUT2D eigenvalue weighted by molar-refractivity contribution is 5.80. The highest BCUT2D eigenvalue weighted by Gasteiger charge is 2.13. The van der Waals surface area contributed by atoms with Crippen molar-refractivity contribution >= 4 is 5.96 Å². The van der Waals surface area contributed by atoms with E-state index in [4.69, 9.17) is 0 Å². The number of hydrogen-bond donors (Lipinski definition) is 2. The Morgan fingerprint density at radius 2 is 2.07 bits per heavy atom. The van der Waals surface area contributed by atoms with Gasteiger partial charge < -0.3 is 15.2 Å². The van der Waals surface area contributed by atoms with Crippen LogP contribution >= 0.6 is 0 Å². The highest BCUT2D eigenvalue weighted by Crippen LogP contribution is 2.14. The van der Waals surface area contributed by atoms with Gasteiger partial charge in [-0.3, -0.25) is 14.5 Å². The zero-order valence-electron chi connectivity index (χ0n) is 17.8. The van der Waals surface area contributed by atoms with Crippen LogP contribution in [0.2, 0.25) is 0 Å². The van der Waals surface area contributed by atoms with Crippen LogP contribution in [0.15, 0.2) is 34.2 Å². The fourth-order valence-electron chi connectivity index (χ4n) is 3.25. The number of aryl methyl sites for hydroxylation is 3. The molecule has 2 aromatic rings. The molecule has 0 bridgehead atoms. The van der Waals surface area contributed by atoms with E-state index in [1.807, 2.05) is 24.0 Å². The van der Waals surface area contributed by atoms with Crippen molar-refractivity contribution in [2.24, 2.45) is 12.0 Å². The second kappa shape index (κ2) is 10.7. The van der Waals surface area contributed by atoms with Gasteiger partial charge in [0, 0.05) is 50.7 Å². The smallest absolute Gasteiger partial charge is 0.250 e. The molecule has 0 aliphatic rings. The van der Waals surface area contributed by atoms with Crippen LogP contribution in [0.5, 0.6) is 0 Å². The molecule has 2 aromatic heterocycles. The van der Waals surface area contributed by atoms with Crippen molar-refractivity contribution in [3.63, 3.8) is 0 Å². The Bertz CT molecular complexity index is 836. The van der Waals surface area contributed by atoms with Crippen LogP contribution in [0.4, 0.5) is 0 Å². The number of nitrogens with zero attached hydrogens (tertiary/aromatic N) is 4. The SMILES string of the molecule is CCNC(=NCCCCn1ccccc1=O)NC(C)Cc1c(C)nn(C)c1C. The molecule has 154 valence electrons. The third kappa shape index (κ3) is 6.25. The second-order valence-electron chi connectivity index (χ2n) is 7.22. The summed E-state index contributed by atoms with van der Waals surface area (Å²) in [7, 11) is 1.99. The number of pyridine rings is 1. The van der Waals surface area contributed by atoms with Gasteiger partial charge in [-0.1, -0.05) is 6.07 Å². The fraction of sp³-hybridized carbons (Fsp3) is 0.571. The van der Waals surface area contributed by atoms with Gasteiger partial charge in [0.1, 0.15) is 0 Å². The predicted molar refractivity (Wildman–Crippen MR) is 115 cm³/mol. The predicted octanol–water partition coefficient (Wildman–Crippen LogP) is 2.17. The Morgan fingerprint density at radius 1 is 1.29 bits per heavy atom. The molecule has 0 amide bonds. The number of aromatic nitrogens is 3. The Morgan fingerprint density at radius 3 is 2.71 bits per heavy atom. The van der Waals surface area contributed by atoms with Crippen molar-refractivity contribution in [2.45, 2.75) is 59.5 Å². The van der Waals surface area contributed by atoms with E-state index in [0.717, 1.165) is 50.6 Å². The van der Waals surface area contributed by atoms with Crippen LogP contribution in [-0.2, 0) is 20.0 Å². The Labute approximate surface area is 167 Å². The highest BCUT2D eigenvalue weighted by atomic mass is 16.1. The maximum atomic E-state index is 11.7. The van der Waals surface area contributed by atoms with Crippen LogP contribution in [0, 0.1) is 13.8 Å². The first-order valence-electron chi connectivity index (χ1n) is 10.1. The van der Waals surface area contributed by atoms with Crippen LogP contribution in [0.3, 0.4) is 0 Å². The number of unbranched alkanes of at least 4 members (excludes halogenated alkanes) is 1. The minimum atomic E-state index is 0.0517. The number of nitrogens with one attached hydrogen (secondary N) is 2. The Hall–Kier alpha value is -2.57. The Balaban J connectivity index is 1.84. The lowest BCUT2D eigenvalue weighted by atomic mass is 10.1. The van der Waals surface area contributed by atoms with Crippen molar-refractivity contribution in [2.75, 3.05) is 13.1 Å². The second-order valence-corrected chi connectivity index (χ2v) is 7.22. The quantitative estimate of drug-likeness (QED) is 0.393. The molecule has 1 atom stereocenters. The zero-order valence-corrected chi connectivity index (χ0v) is 17.8. The van der Waals surface area contributed by atoms with E-state index in [9.17, 15) is 4.79 Å². The van der Waals surface area contributed by atoms with Crippen LogP contribution in [0.25, 0.3) is 0 Å². The molecule has 7 nitrogen and oxygen atoms in total. The zero-order chi connectivity index (χ0) is 20.5. The molecule has 1 unspecified atom stereocenters. The van der Waals surface area contributed by atoms with Crippen molar-refractivity contribution < 1.29 is 0 Å². The largest absolute Gasteiger partial charge is 0.357 e. The average molecular weight is 387 g/mol. The van der Waals surface area contributed by atoms with Gasteiger partial charge in [-0.25, -0.2) is 0 Å². The molecule has 0 spiro atoms. The molecule has 0 aliphatic carbocycles. The standard InChI is InChI=1S/C21H34N6O/c1-6-22-21(23-12-8-10-14-27-13-9-7-11-20(27)28)24-16(2)15-19-17(3)25-26(5)18(19)4/h7,9,11,13,16H,6,8,10,12,14-15H2,1-5H3,(H2,22,23,24). The molecule has 2 rings (SSSR count). The molecule has 2 heterocycles. The first kappa shape index (κ1) is 21.7. The third-order valence-electron chi connectivity index (χ3n) is 4.87. The van der Waals surface area contributed by atoms with E-state index in [2.05, 4.69) is 48.4 Å². The fourth-order valence-corrected chi connectivity index (χ4v) is 3.25. The lowest BCUT2D eigenvalue weighted by Crippen LogP contribution is -2.43. The summed E-state index contributed by atoms with van der Waals surface area (Å²) in [5.41, 5.74) is 3.65. The van der Waals surface area contributed by atoms with Gasteiger partial charge in [0.05, 0.1) is 5.69 Å². The minimum absolute atomic E-state index is 0.0517. The van der Waals surface area contributed by atoms with Gasteiger partial charge >= 0.3 is 0 Å². The molecular formula is C21H34N6O. The van der Waals surface area contributed by atoms with Crippen molar-refractivity contribution in [1.82, 2.24) is 25.0 Å². The molecule has 0 radical (unpaired) electrons. The van der Waals surface area contributed by atoms with Gasteiger partial charge in [0.15, 0.2) is 5.96 Å². The van der Waals surface area contributed by atoms with Crippen LogP contribution < -0.4 is 16.2 Å². The maximum absolute atomic E-state index is 11.7. The van der Waals surface area contributed by atoms with Gasteiger partial charge in [-0.05, 0) is 58.6 Å². The summed E-state index contributed by atoms with van der Waals surface area (Å²) in [6.45, 7) is 10.7. The van der Waals surface area contributed by atoms with E-state index in [1.165, 1.54) is 11.3 Å². The van der Waals surface area contributed by atoms with Gasteiger partial charge in [-0.15, -0.1) is 0 Å². The molecule has 28 heavy (non-hydrogen) atoms. The van der Waals surface area contributed by atoms with Gasteiger partial charge in [0.2, 0.25) is 5.56 Å². The summed E-state index contributed by atoms with van der Waals surface area (Å²) in [6.07, 6.45) is 4.61. The summed E-state index contributed by atoms with van der Waals surface area (Å²) in [4.78, 5) is 16.4. The summed E-state index contributed by atoms with van der Waals surface area (Å²) in [5.74, 6) is 0.839. The normalized spacial score (nSPS) is 12.8. The lowest BCUT2D eigenvalue weighted by Gasteiger charge is -2.18. The number of hydrogen-bond acceptors (Lipinski definition) is 3. The van der Waals surface area contributed by atoms with E-state index < -0.39 is 0 Å². The van der Waals surface area contributed by atoms with E-state index in [-0.39, 0.29) is 11.6 Å². The monoisotopic (exact) mass is 386 g/mol. The maximum Gasteiger partial charge on any atom is 0.250 e. The van der Waals surface area contributed by atoms with Crippen LogP contribution in [0.1, 0.15) is 43.6 Å². The topological polar surface area (TPSA) is 76.2 Å². The number of rotatable bonds is 9. The molecule has 0 saturated carbocycles. The van der Waals surface area contributed by atoms with Crippen LogP contribution in [-0.4, -0.2) is 39.4 Å². The average Bonchev–Trinajstić information content (AvgIpc) is 2.89. The van der Waals surface area contributed by atoms with E-state index >= 15 is 0 Å². The van der Waals surface area contributed by atoms with Crippen molar-refractivity contribution in [3.8, 4) is 0 Å². The first-order valence-corrected chi connectivity index (χ1v) is 10.1. The number of aliphatic imine (C=N–C) groups is 1. The molecule has 0 fully saturated rings. The molecular weight excluding hydrogens is 352 g/mol. The molecule has 0 aliphatic heterocycles. The van der Waals surface area contributed by atoms with Gasteiger partial charge in [0.25, 0.3) is 0 Å². The van der Waals surface area contributed by atoms with E-state index in [1.54, 1.807) is 16.7 Å². The molecule has 2 N–H and O–H groups in total. The van der Waals surface area contributed by atoms with Crippen molar-refractivity contribution in [1.29, 1.82) is 0 Å². The minimum Gasteiger partial charge on any atom is -0.357 e. The first-order chi connectivity index (χ1) is 13.4. The van der Waals surface area contributed by atoms with E-state index in [0.29, 0.717) is 0 Å². The summed E-state index contributed by atoms with van der Waals surface area (Å²) < 4.78 is 3.68. The number of guanidine groups is 1. The Kier molecular flexibility index (Phi) is 8.29. The summed E-state index contributed by atoms with van der Waals surface area (Å²) >= 11 is 0. The lowest BCUT2D eigenvalue weighted by molar-refractivity contribution is 0.594. The summed E-state index contributed by atoms with van der Waals surface area (Å²) in [6, 6.07) is 5.51. The third-order valence-corrected chi connectivity index (χ3v) is 4.87. The molecule has 0 saturated heterocycles. The van der Waals surface area contributed by atoms with Crippen molar-refractivity contribution in [3.05, 3.63) is 51.7 Å². The molecule has 0 aromatic carbocycles. The van der Waals surface area contributed by atoms with Gasteiger partial charge in [-0.2, -0.15) is 5.10 Å². The molecule has 7 heteroatoms.